The summed E-state index contributed by atoms with van der Waals surface area (Å²) in [5, 5.41) is 27.7. The van der Waals surface area contributed by atoms with E-state index in [9.17, 15) is 14.7 Å². The molecule has 1 aromatic carbocycles. The zero-order valence-electron chi connectivity index (χ0n) is 10.9. The predicted octanol–water partition coefficient (Wildman–Crippen LogP) is 1.75. The van der Waals surface area contributed by atoms with Crippen molar-refractivity contribution in [2.24, 2.45) is 5.41 Å². The Kier molecular flexibility index (Phi) is 4.04. The molecule has 1 aromatic rings. The topological polar surface area (TPSA) is 104 Å². The minimum Gasteiger partial charge on any atom is -0.504 e. The van der Waals surface area contributed by atoms with Gasteiger partial charge in [0.25, 0.3) is 0 Å². The van der Waals surface area contributed by atoms with Crippen LogP contribution in [0.2, 0.25) is 0 Å². The SMILES string of the molecule is COc1cc(CC(C)(C)C(=O)O)cc(C(=O)O)c1O. The summed E-state index contributed by atoms with van der Waals surface area (Å²) >= 11 is 0. The van der Waals surface area contributed by atoms with Crippen molar-refractivity contribution in [3.8, 4) is 11.5 Å². The molecule has 6 heteroatoms. The van der Waals surface area contributed by atoms with E-state index >= 15 is 0 Å². The first-order valence-electron chi connectivity index (χ1n) is 5.55. The van der Waals surface area contributed by atoms with Crippen LogP contribution in [0.5, 0.6) is 11.5 Å². The molecule has 0 bridgehead atoms. The molecule has 6 nitrogen and oxygen atoms in total. The maximum Gasteiger partial charge on any atom is 0.339 e. The van der Waals surface area contributed by atoms with Crippen molar-refractivity contribution in [1.29, 1.82) is 0 Å². The average Bonchev–Trinajstić information content (AvgIpc) is 2.30. The third kappa shape index (κ3) is 3.15. The molecule has 0 unspecified atom stereocenters. The van der Waals surface area contributed by atoms with Gasteiger partial charge in [0.15, 0.2) is 11.5 Å². The molecule has 0 atom stereocenters. The molecule has 0 spiro atoms. The van der Waals surface area contributed by atoms with Gasteiger partial charge in [-0.1, -0.05) is 0 Å². The van der Waals surface area contributed by atoms with Crippen LogP contribution in [0.25, 0.3) is 0 Å². The third-order valence-corrected chi connectivity index (χ3v) is 2.81. The van der Waals surface area contributed by atoms with E-state index < -0.39 is 23.1 Å². The smallest absolute Gasteiger partial charge is 0.339 e. The first-order valence-corrected chi connectivity index (χ1v) is 5.55. The molecule has 0 aromatic heterocycles. The van der Waals surface area contributed by atoms with Crippen molar-refractivity contribution >= 4 is 11.9 Å². The molecule has 0 aliphatic heterocycles. The Hall–Kier alpha value is -2.24. The van der Waals surface area contributed by atoms with Crippen molar-refractivity contribution in [1.82, 2.24) is 0 Å². The highest BCUT2D eigenvalue weighted by atomic mass is 16.5. The van der Waals surface area contributed by atoms with Crippen LogP contribution in [0.15, 0.2) is 12.1 Å². The van der Waals surface area contributed by atoms with E-state index in [1.165, 1.54) is 33.1 Å². The molecule has 0 aliphatic carbocycles. The van der Waals surface area contributed by atoms with E-state index in [4.69, 9.17) is 14.9 Å². The number of benzene rings is 1. The van der Waals surface area contributed by atoms with Crippen molar-refractivity contribution in [2.75, 3.05) is 7.11 Å². The Balaban J connectivity index is 3.27. The van der Waals surface area contributed by atoms with Gasteiger partial charge < -0.3 is 20.1 Å². The number of hydrogen-bond donors (Lipinski definition) is 3. The molecule has 3 N–H and O–H groups in total. The quantitative estimate of drug-likeness (QED) is 0.751. The van der Waals surface area contributed by atoms with Gasteiger partial charge in [-0.05, 0) is 38.0 Å². The van der Waals surface area contributed by atoms with E-state index in [2.05, 4.69) is 0 Å². The first kappa shape index (κ1) is 14.8. The van der Waals surface area contributed by atoms with Gasteiger partial charge in [-0.3, -0.25) is 4.79 Å². The molecule has 0 heterocycles. The lowest BCUT2D eigenvalue weighted by atomic mass is 9.85. The Labute approximate surface area is 110 Å². The summed E-state index contributed by atoms with van der Waals surface area (Å²) in [4.78, 5) is 22.1. The van der Waals surface area contributed by atoms with E-state index in [1.54, 1.807) is 0 Å². The van der Waals surface area contributed by atoms with Gasteiger partial charge in [-0.15, -0.1) is 0 Å². The minimum atomic E-state index is -1.30. The number of aromatic hydroxyl groups is 1. The zero-order valence-corrected chi connectivity index (χ0v) is 10.9. The normalized spacial score (nSPS) is 11.1. The van der Waals surface area contributed by atoms with Crippen molar-refractivity contribution in [3.63, 3.8) is 0 Å². The van der Waals surface area contributed by atoms with Gasteiger partial charge in [-0.2, -0.15) is 0 Å². The number of phenols is 1. The zero-order chi connectivity index (χ0) is 14.8. The van der Waals surface area contributed by atoms with Gasteiger partial charge in [0.1, 0.15) is 5.56 Å². The number of carboxylic acid groups (broad SMARTS) is 2. The maximum absolute atomic E-state index is 11.1. The summed E-state index contributed by atoms with van der Waals surface area (Å²) in [6, 6.07) is 2.69. The minimum absolute atomic E-state index is 0.0103. The lowest BCUT2D eigenvalue weighted by Gasteiger charge is -2.20. The molecule has 0 saturated heterocycles. The van der Waals surface area contributed by atoms with E-state index in [0.29, 0.717) is 5.56 Å². The lowest BCUT2D eigenvalue weighted by Crippen LogP contribution is -2.26. The molecule has 0 aliphatic rings. The second kappa shape index (κ2) is 5.17. The molecule has 1 rings (SSSR count). The Morgan fingerprint density at radius 1 is 1.26 bits per heavy atom. The Morgan fingerprint density at radius 3 is 2.26 bits per heavy atom. The van der Waals surface area contributed by atoms with Crippen LogP contribution in [0.4, 0.5) is 0 Å². The van der Waals surface area contributed by atoms with E-state index in [1.807, 2.05) is 0 Å². The van der Waals surface area contributed by atoms with Crippen molar-refractivity contribution in [2.45, 2.75) is 20.3 Å². The van der Waals surface area contributed by atoms with Gasteiger partial charge in [0, 0.05) is 0 Å². The van der Waals surface area contributed by atoms with Gasteiger partial charge in [0.05, 0.1) is 12.5 Å². The number of carbonyl (C=O) groups is 2. The van der Waals surface area contributed by atoms with E-state index in [0.717, 1.165) is 0 Å². The van der Waals surface area contributed by atoms with Crippen LogP contribution < -0.4 is 4.74 Å². The van der Waals surface area contributed by atoms with Gasteiger partial charge >= 0.3 is 11.9 Å². The molecular formula is C13H16O6. The largest absolute Gasteiger partial charge is 0.504 e. The number of hydrogen-bond acceptors (Lipinski definition) is 4. The van der Waals surface area contributed by atoms with E-state index in [-0.39, 0.29) is 17.7 Å². The van der Waals surface area contributed by atoms with Crippen LogP contribution in [0.1, 0.15) is 29.8 Å². The highest BCUT2D eigenvalue weighted by molar-refractivity contribution is 5.92. The number of methoxy groups -OCH3 is 1. The predicted molar refractivity (Wildman–Crippen MR) is 66.7 cm³/mol. The monoisotopic (exact) mass is 268 g/mol. The second-order valence-electron chi connectivity index (χ2n) is 4.87. The fourth-order valence-electron chi connectivity index (χ4n) is 1.67. The summed E-state index contributed by atoms with van der Waals surface area (Å²) in [5.41, 5.74) is -0.882. The van der Waals surface area contributed by atoms with Crippen molar-refractivity contribution < 1.29 is 29.6 Å². The Morgan fingerprint density at radius 2 is 1.84 bits per heavy atom. The fourth-order valence-corrected chi connectivity index (χ4v) is 1.67. The summed E-state index contributed by atoms with van der Waals surface area (Å²) < 4.78 is 4.89. The average molecular weight is 268 g/mol. The fraction of sp³-hybridized carbons (Fsp3) is 0.385. The van der Waals surface area contributed by atoms with Crippen LogP contribution >= 0.6 is 0 Å². The highest BCUT2D eigenvalue weighted by Gasteiger charge is 2.28. The summed E-state index contributed by atoms with van der Waals surface area (Å²) in [6.07, 6.45) is 0.124. The molecule has 0 fully saturated rings. The third-order valence-electron chi connectivity index (χ3n) is 2.81. The first-order chi connectivity index (χ1) is 8.69. The molecular weight excluding hydrogens is 252 g/mol. The molecule has 19 heavy (non-hydrogen) atoms. The van der Waals surface area contributed by atoms with Crippen LogP contribution in [-0.4, -0.2) is 34.4 Å². The lowest BCUT2D eigenvalue weighted by molar-refractivity contribution is -0.146. The number of carboxylic acids is 2. The number of aromatic carboxylic acids is 1. The number of ether oxygens (including phenoxy) is 1. The molecule has 0 saturated carbocycles. The second-order valence-corrected chi connectivity index (χ2v) is 4.87. The number of rotatable bonds is 5. The van der Waals surface area contributed by atoms with Crippen molar-refractivity contribution in [3.05, 3.63) is 23.3 Å². The number of aliphatic carboxylic acids is 1. The van der Waals surface area contributed by atoms with Gasteiger partial charge in [-0.25, -0.2) is 4.79 Å². The summed E-state index contributed by atoms with van der Waals surface area (Å²) in [7, 11) is 1.30. The van der Waals surface area contributed by atoms with Gasteiger partial charge in [0.2, 0.25) is 0 Å². The highest BCUT2D eigenvalue weighted by Crippen LogP contribution is 2.34. The molecule has 0 radical (unpaired) electrons. The summed E-state index contributed by atoms with van der Waals surface area (Å²) in [5.74, 6) is -2.75. The standard InChI is InChI=1S/C13H16O6/c1-13(2,12(17)18)6-7-4-8(11(15)16)10(14)9(5-7)19-3/h4-5,14H,6H2,1-3H3,(H,15,16)(H,17,18). The molecule has 0 amide bonds. The van der Waals surface area contributed by atoms with Crippen LogP contribution in [-0.2, 0) is 11.2 Å². The van der Waals surface area contributed by atoms with Crippen LogP contribution in [0, 0.1) is 5.41 Å². The summed E-state index contributed by atoms with van der Waals surface area (Å²) in [6.45, 7) is 3.07. The maximum atomic E-state index is 11.1. The molecule has 104 valence electrons. The van der Waals surface area contributed by atoms with Crippen LogP contribution in [0.3, 0.4) is 0 Å². The Bertz CT molecular complexity index is 518.